The van der Waals surface area contributed by atoms with Gasteiger partial charge in [0, 0.05) is 13.2 Å². The van der Waals surface area contributed by atoms with E-state index in [1.54, 1.807) is 0 Å². The van der Waals surface area contributed by atoms with Gasteiger partial charge >= 0.3 is 0 Å². The van der Waals surface area contributed by atoms with E-state index < -0.39 is 0 Å². The third-order valence-corrected chi connectivity index (χ3v) is 4.20. The standard InChI is InChI=1S/C16H21N3/c1-16(2)9-8-12-6-4-5-7-14(12)15(16)18-13-10-17-19(3)11-13/h4-7,10-11,15,18H,8-9H2,1-3H3. The monoisotopic (exact) mass is 255 g/mol. The molecule has 19 heavy (non-hydrogen) atoms. The number of hydrogen-bond donors (Lipinski definition) is 1. The van der Waals surface area contributed by atoms with Gasteiger partial charge in [-0.2, -0.15) is 5.10 Å². The van der Waals surface area contributed by atoms with Crippen LogP contribution >= 0.6 is 0 Å². The highest BCUT2D eigenvalue weighted by Crippen LogP contribution is 2.45. The van der Waals surface area contributed by atoms with E-state index in [1.165, 1.54) is 24.0 Å². The summed E-state index contributed by atoms with van der Waals surface area (Å²) in [5.41, 5.74) is 4.26. The van der Waals surface area contributed by atoms with E-state index in [0.717, 1.165) is 5.69 Å². The van der Waals surface area contributed by atoms with Crippen molar-refractivity contribution < 1.29 is 0 Å². The molecule has 1 unspecified atom stereocenters. The number of aromatic nitrogens is 2. The van der Waals surface area contributed by atoms with Gasteiger partial charge in [0.25, 0.3) is 0 Å². The molecule has 1 aliphatic carbocycles. The minimum atomic E-state index is 0.254. The van der Waals surface area contributed by atoms with Crippen LogP contribution in [0.4, 0.5) is 5.69 Å². The van der Waals surface area contributed by atoms with Crippen LogP contribution in [0.3, 0.4) is 0 Å². The molecule has 3 nitrogen and oxygen atoms in total. The van der Waals surface area contributed by atoms with Crippen LogP contribution < -0.4 is 5.32 Å². The summed E-state index contributed by atoms with van der Waals surface area (Å²) in [4.78, 5) is 0. The summed E-state index contributed by atoms with van der Waals surface area (Å²) in [5.74, 6) is 0. The van der Waals surface area contributed by atoms with Crippen molar-refractivity contribution in [2.24, 2.45) is 12.5 Å². The summed E-state index contributed by atoms with van der Waals surface area (Å²) >= 11 is 0. The maximum atomic E-state index is 4.24. The number of benzene rings is 1. The third-order valence-electron chi connectivity index (χ3n) is 4.20. The largest absolute Gasteiger partial charge is 0.375 e. The Labute approximate surface area is 114 Å². The second kappa shape index (κ2) is 4.41. The number of rotatable bonds is 2. The zero-order valence-corrected chi connectivity index (χ0v) is 11.9. The molecule has 1 aromatic heterocycles. The molecule has 0 saturated heterocycles. The molecule has 3 heteroatoms. The Morgan fingerprint density at radius 2 is 2.11 bits per heavy atom. The average molecular weight is 255 g/mol. The normalized spacial score (nSPS) is 20.9. The van der Waals surface area contributed by atoms with Crippen molar-refractivity contribution >= 4 is 5.69 Å². The second-order valence-corrected chi connectivity index (χ2v) is 6.17. The van der Waals surface area contributed by atoms with Crippen molar-refractivity contribution in [1.29, 1.82) is 0 Å². The first kappa shape index (κ1) is 12.3. The summed E-state index contributed by atoms with van der Waals surface area (Å²) in [6.07, 6.45) is 6.32. The van der Waals surface area contributed by atoms with Gasteiger partial charge in [-0.3, -0.25) is 4.68 Å². The van der Waals surface area contributed by atoms with Crippen molar-refractivity contribution in [3.8, 4) is 0 Å². The fourth-order valence-electron chi connectivity index (χ4n) is 3.00. The van der Waals surface area contributed by atoms with Crippen molar-refractivity contribution in [3.05, 3.63) is 47.8 Å². The van der Waals surface area contributed by atoms with Gasteiger partial charge in [0.2, 0.25) is 0 Å². The van der Waals surface area contributed by atoms with E-state index in [4.69, 9.17) is 0 Å². The lowest BCUT2D eigenvalue weighted by atomic mass is 9.70. The Morgan fingerprint density at radius 3 is 2.84 bits per heavy atom. The van der Waals surface area contributed by atoms with E-state index in [-0.39, 0.29) is 5.41 Å². The second-order valence-electron chi connectivity index (χ2n) is 6.17. The summed E-state index contributed by atoms with van der Waals surface area (Å²) < 4.78 is 1.84. The average Bonchev–Trinajstić information content (AvgIpc) is 2.79. The van der Waals surface area contributed by atoms with Crippen molar-refractivity contribution in [1.82, 2.24) is 9.78 Å². The van der Waals surface area contributed by atoms with Gasteiger partial charge < -0.3 is 5.32 Å². The molecule has 0 fully saturated rings. The zero-order chi connectivity index (χ0) is 13.5. The lowest BCUT2D eigenvalue weighted by Crippen LogP contribution is -2.33. The van der Waals surface area contributed by atoms with Crippen LogP contribution in [-0.4, -0.2) is 9.78 Å². The number of aryl methyl sites for hydroxylation is 2. The molecular weight excluding hydrogens is 234 g/mol. The van der Waals surface area contributed by atoms with Gasteiger partial charge in [-0.15, -0.1) is 0 Å². The molecule has 1 N–H and O–H groups in total. The van der Waals surface area contributed by atoms with Gasteiger partial charge in [-0.1, -0.05) is 38.1 Å². The molecule has 1 aromatic carbocycles. The molecule has 1 atom stereocenters. The maximum absolute atomic E-state index is 4.24. The Bertz CT molecular complexity index is 583. The van der Waals surface area contributed by atoms with Crippen LogP contribution in [0.25, 0.3) is 0 Å². The van der Waals surface area contributed by atoms with E-state index in [0.29, 0.717) is 6.04 Å². The number of fused-ring (bicyclic) bond motifs is 1. The van der Waals surface area contributed by atoms with Crippen LogP contribution in [0.15, 0.2) is 36.7 Å². The lowest BCUT2D eigenvalue weighted by molar-refractivity contribution is 0.265. The number of hydrogen-bond acceptors (Lipinski definition) is 2. The van der Waals surface area contributed by atoms with Crippen molar-refractivity contribution in [2.75, 3.05) is 5.32 Å². The molecule has 0 bridgehead atoms. The Kier molecular flexibility index (Phi) is 2.85. The highest BCUT2D eigenvalue weighted by Gasteiger charge is 2.35. The minimum Gasteiger partial charge on any atom is -0.375 e. The predicted molar refractivity (Wildman–Crippen MR) is 78.1 cm³/mol. The highest BCUT2D eigenvalue weighted by molar-refractivity contribution is 5.45. The first-order chi connectivity index (χ1) is 9.06. The SMILES string of the molecule is Cn1cc(NC2c3ccccc3CCC2(C)C)cn1. The number of anilines is 1. The van der Waals surface area contributed by atoms with Gasteiger partial charge in [0.05, 0.1) is 17.9 Å². The molecule has 100 valence electrons. The van der Waals surface area contributed by atoms with Gasteiger partial charge in [-0.05, 0) is 29.4 Å². The summed E-state index contributed by atoms with van der Waals surface area (Å²) in [5, 5.41) is 7.90. The molecule has 3 rings (SSSR count). The molecule has 2 aromatic rings. The molecule has 1 aliphatic rings. The van der Waals surface area contributed by atoms with Gasteiger partial charge in [0.1, 0.15) is 0 Å². The fourth-order valence-corrected chi connectivity index (χ4v) is 3.00. The molecule has 0 aliphatic heterocycles. The van der Waals surface area contributed by atoms with Crippen LogP contribution in [0.5, 0.6) is 0 Å². The highest BCUT2D eigenvalue weighted by atomic mass is 15.3. The predicted octanol–water partition coefficient (Wildman–Crippen LogP) is 3.55. The van der Waals surface area contributed by atoms with E-state index >= 15 is 0 Å². The molecule has 0 saturated carbocycles. The molecule has 0 amide bonds. The molecule has 0 spiro atoms. The zero-order valence-electron chi connectivity index (χ0n) is 11.9. The van der Waals surface area contributed by atoms with Crippen LogP contribution in [0.1, 0.15) is 37.4 Å². The summed E-state index contributed by atoms with van der Waals surface area (Å²) in [6.45, 7) is 4.69. The van der Waals surface area contributed by atoms with Crippen LogP contribution in [0.2, 0.25) is 0 Å². The van der Waals surface area contributed by atoms with Crippen LogP contribution in [0, 0.1) is 5.41 Å². The van der Waals surface area contributed by atoms with E-state index in [1.807, 2.05) is 24.1 Å². The van der Waals surface area contributed by atoms with Gasteiger partial charge in [0.15, 0.2) is 0 Å². The van der Waals surface area contributed by atoms with E-state index in [9.17, 15) is 0 Å². The first-order valence-electron chi connectivity index (χ1n) is 6.89. The number of nitrogens with one attached hydrogen (secondary N) is 1. The molecule has 1 heterocycles. The quantitative estimate of drug-likeness (QED) is 0.889. The Morgan fingerprint density at radius 1 is 1.32 bits per heavy atom. The van der Waals surface area contributed by atoms with E-state index in [2.05, 4.69) is 48.5 Å². The minimum absolute atomic E-state index is 0.254. The summed E-state index contributed by atoms with van der Waals surface area (Å²) in [6, 6.07) is 9.13. The maximum Gasteiger partial charge on any atom is 0.0731 e. The lowest BCUT2D eigenvalue weighted by Gasteiger charge is -2.40. The smallest absolute Gasteiger partial charge is 0.0731 e. The van der Waals surface area contributed by atoms with Crippen molar-refractivity contribution in [3.63, 3.8) is 0 Å². The van der Waals surface area contributed by atoms with Gasteiger partial charge in [-0.25, -0.2) is 0 Å². The molecule has 0 radical (unpaired) electrons. The summed E-state index contributed by atoms with van der Waals surface area (Å²) in [7, 11) is 1.95. The Balaban J connectivity index is 1.97. The fraction of sp³-hybridized carbons (Fsp3) is 0.438. The third kappa shape index (κ3) is 2.25. The number of nitrogens with zero attached hydrogens (tertiary/aromatic N) is 2. The first-order valence-corrected chi connectivity index (χ1v) is 6.89. The van der Waals surface area contributed by atoms with Crippen LogP contribution in [-0.2, 0) is 13.5 Å². The topological polar surface area (TPSA) is 29.9 Å². The van der Waals surface area contributed by atoms with Crippen molar-refractivity contribution in [2.45, 2.75) is 32.7 Å². The Hall–Kier alpha value is -1.77. The molecular formula is C16H21N3.